The highest BCUT2D eigenvalue weighted by molar-refractivity contribution is 5.87. The Bertz CT molecular complexity index is 674. The smallest absolute Gasteiger partial charge is 0.330 e. The summed E-state index contributed by atoms with van der Waals surface area (Å²) < 4.78 is 12.1. The molecule has 0 aliphatic heterocycles. The molecule has 1 aromatic carbocycles. The van der Waals surface area contributed by atoms with Crippen LogP contribution < -0.4 is 4.74 Å². The minimum atomic E-state index is -0.371. The first-order chi connectivity index (χ1) is 10.6. The maximum Gasteiger partial charge on any atom is 0.330 e. The van der Waals surface area contributed by atoms with Crippen molar-refractivity contribution in [2.75, 3.05) is 13.7 Å². The molecular weight excluding hydrogens is 280 g/mol. The van der Waals surface area contributed by atoms with Crippen molar-refractivity contribution in [1.29, 1.82) is 0 Å². The second-order valence-corrected chi connectivity index (χ2v) is 4.93. The highest BCUT2D eigenvalue weighted by atomic mass is 16.5. The first kappa shape index (κ1) is 15.8. The summed E-state index contributed by atoms with van der Waals surface area (Å²) in [5.41, 5.74) is 2.90. The first-order valence-corrected chi connectivity index (χ1v) is 7.08. The summed E-state index contributed by atoms with van der Waals surface area (Å²) >= 11 is 0. The SMILES string of the molecule is COc1cccc(C=CC(=O)OCCn2nc(C)cc2C)c1. The maximum absolute atomic E-state index is 11.7. The normalized spacial score (nSPS) is 10.9. The van der Waals surface area contributed by atoms with Crippen LogP contribution in [0.15, 0.2) is 36.4 Å². The summed E-state index contributed by atoms with van der Waals surface area (Å²) in [4.78, 5) is 11.7. The minimum absolute atomic E-state index is 0.295. The van der Waals surface area contributed by atoms with Gasteiger partial charge in [-0.05, 0) is 43.7 Å². The van der Waals surface area contributed by atoms with Gasteiger partial charge in [-0.25, -0.2) is 4.79 Å². The molecule has 0 bridgehead atoms. The molecule has 1 heterocycles. The molecule has 2 aromatic rings. The number of methoxy groups -OCH3 is 1. The van der Waals surface area contributed by atoms with E-state index in [1.54, 1.807) is 13.2 Å². The van der Waals surface area contributed by atoms with Crippen LogP contribution in [0, 0.1) is 13.8 Å². The average Bonchev–Trinajstić information content (AvgIpc) is 2.83. The topological polar surface area (TPSA) is 53.4 Å². The molecule has 0 aliphatic carbocycles. The van der Waals surface area contributed by atoms with Gasteiger partial charge in [-0.1, -0.05) is 12.1 Å². The van der Waals surface area contributed by atoms with E-state index in [-0.39, 0.29) is 5.97 Å². The number of hydrogen-bond donors (Lipinski definition) is 0. The van der Waals surface area contributed by atoms with Crippen LogP contribution in [0.4, 0.5) is 0 Å². The molecular formula is C17H20N2O3. The highest BCUT2D eigenvalue weighted by Crippen LogP contribution is 2.13. The Morgan fingerprint density at radius 1 is 1.32 bits per heavy atom. The van der Waals surface area contributed by atoms with Crippen molar-refractivity contribution in [2.24, 2.45) is 0 Å². The predicted octanol–water partition coefficient (Wildman–Crippen LogP) is 2.77. The van der Waals surface area contributed by atoms with Crippen LogP contribution in [-0.2, 0) is 16.1 Å². The molecule has 0 aliphatic rings. The van der Waals surface area contributed by atoms with Crippen molar-refractivity contribution in [3.8, 4) is 5.75 Å². The molecule has 0 radical (unpaired) electrons. The molecule has 0 fully saturated rings. The summed E-state index contributed by atoms with van der Waals surface area (Å²) in [6, 6.07) is 9.45. The quantitative estimate of drug-likeness (QED) is 0.608. The number of ether oxygens (including phenoxy) is 2. The van der Waals surface area contributed by atoms with Crippen molar-refractivity contribution < 1.29 is 14.3 Å². The molecule has 5 nitrogen and oxygen atoms in total. The molecule has 1 aromatic heterocycles. The van der Waals surface area contributed by atoms with Gasteiger partial charge in [0.25, 0.3) is 0 Å². The van der Waals surface area contributed by atoms with Crippen molar-refractivity contribution >= 4 is 12.0 Å². The zero-order valence-electron chi connectivity index (χ0n) is 13.1. The Kier molecular flexibility index (Phi) is 5.36. The largest absolute Gasteiger partial charge is 0.497 e. The Morgan fingerprint density at radius 3 is 2.82 bits per heavy atom. The Morgan fingerprint density at radius 2 is 2.14 bits per heavy atom. The number of aromatic nitrogens is 2. The monoisotopic (exact) mass is 300 g/mol. The third kappa shape index (κ3) is 4.48. The molecule has 0 amide bonds. The fraction of sp³-hybridized carbons (Fsp3) is 0.294. The van der Waals surface area contributed by atoms with Gasteiger partial charge in [0.1, 0.15) is 12.4 Å². The van der Waals surface area contributed by atoms with Crippen LogP contribution in [0.5, 0.6) is 5.75 Å². The summed E-state index contributed by atoms with van der Waals surface area (Å²) in [7, 11) is 1.61. The Balaban J connectivity index is 1.82. The fourth-order valence-electron chi connectivity index (χ4n) is 2.09. The summed E-state index contributed by atoms with van der Waals surface area (Å²) in [6.07, 6.45) is 3.12. The van der Waals surface area contributed by atoms with Gasteiger partial charge in [0.15, 0.2) is 0 Å². The lowest BCUT2D eigenvalue weighted by atomic mass is 10.2. The van der Waals surface area contributed by atoms with E-state index in [4.69, 9.17) is 9.47 Å². The number of hydrogen-bond acceptors (Lipinski definition) is 4. The predicted molar refractivity (Wildman–Crippen MR) is 84.7 cm³/mol. The lowest BCUT2D eigenvalue weighted by Crippen LogP contribution is -2.11. The van der Waals surface area contributed by atoms with Gasteiger partial charge in [-0.15, -0.1) is 0 Å². The zero-order chi connectivity index (χ0) is 15.9. The number of carbonyl (C=O) groups excluding carboxylic acids is 1. The van der Waals surface area contributed by atoms with Crippen molar-refractivity contribution in [2.45, 2.75) is 20.4 Å². The van der Waals surface area contributed by atoms with E-state index in [0.29, 0.717) is 13.2 Å². The Labute approximate surface area is 130 Å². The van der Waals surface area contributed by atoms with Crippen LogP contribution >= 0.6 is 0 Å². The highest BCUT2D eigenvalue weighted by Gasteiger charge is 2.02. The minimum Gasteiger partial charge on any atom is -0.497 e. The zero-order valence-corrected chi connectivity index (χ0v) is 13.1. The molecule has 116 valence electrons. The second-order valence-electron chi connectivity index (χ2n) is 4.93. The van der Waals surface area contributed by atoms with Gasteiger partial charge in [0.2, 0.25) is 0 Å². The molecule has 0 saturated carbocycles. The van der Waals surface area contributed by atoms with Gasteiger partial charge < -0.3 is 9.47 Å². The summed E-state index contributed by atoms with van der Waals surface area (Å²) in [5.74, 6) is 0.379. The van der Waals surface area contributed by atoms with E-state index in [1.807, 2.05) is 48.9 Å². The molecule has 0 N–H and O–H groups in total. The first-order valence-electron chi connectivity index (χ1n) is 7.08. The number of aryl methyl sites for hydroxylation is 2. The molecule has 5 heteroatoms. The number of benzene rings is 1. The number of nitrogens with zero attached hydrogens (tertiary/aromatic N) is 2. The van der Waals surface area contributed by atoms with Crippen LogP contribution in [0.25, 0.3) is 6.08 Å². The standard InChI is InChI=1S/C17H20N2O3/c1-13-11-14(2)19(18-13)9-10-22-17(20)8-7-15-5-4-6-16(12-15)21-3/h4-8,11-12H,9-10H2,1-3H3. The number of carbonyl (C=O) groups is 1. The van der Waals surface area contributed by atoms with Gasteiger partial charge in [-0.2, -0.15) is 5.10 Å². The van der Waals surface area contributed by atoms with E-state index >= 15 is 0 Å². The second kappa shape index (κ2) is 7.45. The van der Waals surface area contributed by atoms with Gasteiger partial charge in [0.05, 0.1) is 19.3 Å². The average molecular weight is 300 g/mol. The van der Waals surface area contributed by atoms with Crippen LogP contribution in [-0.4, -0.2) is 29.5 Å². The molecule has 0 spiro atoms. The Hall–Kier alpha value is -2.56. The van der Waals surface area contributed by atoms with E-state index in [0.717, 1.165) is 22.7 Å². The third-order valence-electron chi connectivity index (χ3n) is 3.16. The van der Waals surface area contributed by atoms with E-state index in [1.165, 1.54) is 6.08 Å². The molecule has 2 rings (SSSR count). The molecule has 0 unspecified atom stereocenters. The maximum atomic E-state index is 11.7. The van der Waals surface area contributed by atoms with E-state index in [2.05, 4.69) is 5.10 Å². The summed E-state index contributed by atoms with van der Waals surface area (Å²) in [6.45, 7) is 4.76. The van der Waals surface area contributed by atoms with Gasteiger partial charge in [-0.3, -0.25) is 4.68 Å². The van der Waals surface area contributed by atoms with Gasteiger partial charge >= 0.3 is 5.97 Å². The van der Waals surface area contributed by atoms with Crippen LogP contribution in [0.3, 0.4) is 0 Å². The van der Waals surface area contributed by atoms with Crippen LogP contribution in [0.1, 0.15) is 17.0 Å². The van der Waals surface area contributed by atoms with Crippen molar-refractivity contribution in [3.05, 3.63) is 53.4 Å². The molecule has 22 heavy (non-hydrogen) atoms. The van der Waals surface area contributed by atoms with Crippen molar-refractivity contribution in [1.82, 2.24) is 9.78 Å². The fourth-order valence-corrected chi connectivity index (χ4v) is 2.09. The van der Waals surface area contributed by atoms with Crippen LogP contribution in [0.2, 0.25) is 0 Å². The molecule has 0 saturated heterocycles. The number of rotatable bonds is 6. The molecule has 0 atom stereocenters. The van der Waals surface area contributed by atoms with Crippen molar-refractivity contribution in [3.63, 3.8) is 0 Å². The van der Waals surface area contributed by atoms with E-state index < -0.39 is 0 Å². The lowest BCUT2D eigenvalue weighted by Gasteiger charge is -2.04. The lowest BCUT2D eigenvalue weighted by molar-refractivity contribution is -0.138. The van der Waals surface area contributed by atoms with Gasteiger partial charge in [0, 0.05) is 11.8 Å². The third-order valence-corrected chi connectivity index (χ3v) is 3.16. The number of esters is 1. The van der Waals surface area contributed by atoms with E-state index in [9.17, 15) is 4.79 Å². The summed E-state index contributed by atoms with van der Waals surface area (Å²) in [5, 5.41) is 4.31.